The van der Waals surface area contributed by atoms with E-state index in [1.807, 2.05) is 0 Å². The van der Waals surface area contributed by atoms with Crippen molar-refractivity contribution in [3.8, 4) is 0 Å². The first kappa shape index (κ1) is 8.31. The van der Waals surface area contributed by atoms with Crippen LogP contribution in [0.15, 0.2) is 0 Å². The second-order valence-electron chi connectivity index (χ2n) is 1.53. The lowest BCUT2D eigenvalue weighted by Crippen LogP contribution is -2.65. The van der Waals surface area contributed by atoms with E-state index in [0.717, 1.165) is 0 Å². The van der Waals surface area contributed by atoms with Crippen molar-refractivity contribution in [3.05, 3.63) is 0 Å². The van der Waals surface area contributed by atoms with Crippen molar-refractivity contribution in [2.75, 3.05) is 7.05 Å². The summed E-state index contributed by atoms with van der Waals surface area (Å²) in [5, 5.41) is 0. The molecule has 0 heterocycles. The van der Waals surface area contributed by atoms with Gasteiger partial charge in [-0.05, 0) is 0 Å². The van der Waals surface area contributed by atoms with E-state index in [4.69, 9.17) is 17.2 Å². The number of nitrogens with one attached hydrogen (secondary N) is 1. The number of carbonyl (C=O) groups is 1. The van der Waals surface area contributed by atoms with Crippen molar-refractivity contribution < 1.29 is 9.63 Å². The van der Waals surface area contributed by atoms with E-state index in [-0.39, 0.29) is 0 Å². The van der Waals surface area contributed by atoms with E-state index in [0.29, 0.717) is 0 Å². The van der Waals surface area contributed by atoms with Gasteiger partial charge in [0.1, 0.15) is 0 Å². The largest absolute Gasteiger partial charge is 0.375 e. The Balaban J connectivity index is 3.74. The van der Waals surface area contributed by atoms with Gasteiger partial charge in [-0.2, -0.15) is 5.48 Å². The summed E-state index contributed by atoms with van der Waals surface area (Å²) in [6.07, 6.45) is 0. The van der Waals surface area contributed by atoms with E-state index in [1.54, 1.807) is 0 Å². The molecular formula is C3H10N4O2. The molecule has 7 N–H and O–H groups in total. The van der Waals surface area contributed by atoms with Gasteiger partial charge in [0, 0.05) is 7.05 Å². The predicted molar refractivity (Wildman–Crippen MR) is 30.4 cm³/mol. The lowest BCUT2D eigenvalue weighted by Gasteiger charge is -2.14. The van der Waals surface area contributed by atoms with Crippen molar-refractivity contribution in [2.24, 2.45) is 17.2 Å². The van der Waals surface area contributed by atoms with E-state index in [1.165, 1.54) is 7.05 Å². The molecule has 0 aliphatic carbocycles. The lowest BCUT2D eigenvalue weighted by atomic mass is 10.4. The molecule has 6 heteroatoms. The SMILES string of the molecule is CNOC(=O)C(N)(N)N. The van der Waals surface area contributed by atoms with Gasteiger partial charge in [0.25, 0.3) is 0 Å². The lowest BCUT2D eigenvalue weighted by molar-refractivity contribution is -0.156. The van der Waals surface area contributed by atoms with E-state index >= 15 is 0 Å². The number of nitrogens with two attached hydrogens (primary N) is 3. The van der Waals surface area contributed by atoms with Crippen molar-refractivity contribution in [2.45, 2.75) is 5.79 Å². The highest BCUT2D eigenvalue weighted by Gasteiger charge is 2.25. The van der Waals surface area contributed by atoms with Crippen LogP contribution in [-0.4, -0.2) is 18.8 Å². The summed E-state index contributed by atoms with van der Waals surface area (Å²) in [7, 11) is 1.39. The number of hydroxylamine groups is 1. The van der Waals surface area contributed by atoms with Crippen molar-refractivity contribution in [1.82, 2.24) is 5.48 Å². The molecular weight excluding hydrogens is 124 g/mol. The maximum Gasteiger partial charge on any atom is 0.375 e. The molecule has 0 radical (unpaired) electrons. The predicted octanol–water partition coefficient (Wildman–Crippen LogP) is -2.81. The van der Waals surface area contributed by atoms with Crippen LogP contribution >= 0.6 is 0 Å². The molecule has 0 aliphatic heterocycles. The molecule has 9 heavy (non-hydrogen) atoms. The Kier molecular flexibility index (Phi) is 2.53. The minimum atomic E-state index is -1.91. The molecule has 0 aliphatic rings. The van der Waals surface area contributed by atoms with E-state index < -0.39 is 11.8 Å². The Morgan fingerprint density at radius 1 is 1.56 bits per heavy atom. The molecule has 0 amide bonds. The van der Waals surface area contributed by atoms with Gasteiger partial charge in [0.2, 0.25) is 5.79 Å². The summed E-state index contributed by atoms with van der Waals surface area (Å²) < 4.78 is 0. The minimum absolute atomic E-state index is 0.912. The summed E-state index contributed by atoms with van der Waals surface area (Å²) in [4.78, 5) is 14.5. The molecule has 0 rings (SSSR count). The fourth-order valence-electron chi connectivity index (χ4n) is 0.181. The van der Waals surface area contributed by atoms with Crippen LogP contribution in [0.5, 0.6) is 0 Å². The molecule has 0 spiro atoms. The van der Waals surface area contributed by atoms with E-state index in [9.17, 15) is 4.79 Å². The van der Waals surface area contributed by atoms with Crippen molar-refractivity contribution >= 4 is 5.97 Å². The summed E-state index contributed by atoms with van der Waals surface area (Å²) in [6.45, 7) is 0. The third-order valence-electron chi connectivity index (χ3n) is 0.548. The average Bonchev–Trinajstić information content (AvgIpc) is 1.64. The van der Waals surface area contributed by atoms with Crippen LogP contribution in [0.25, 0.3) is 0 Å². The van der Waals surface area contributed by atoms with Gasteiger partial charge in [0.15, 0.2) is 0 Å². The third-order valence-corrected chi connectivity index (χ3v) is 0.548. The summed E-state index contributed by atoms with van der Waals surface area (Å²) >= 11 is 0. The Morgan fingerprint density at radius 2 is 2.00 bits per heavy atom. The summed E-state index contributed by atoms with van der Waals surface area (Å²) in [5.41, 5.74) is 16.8. The molecule has 54 valence electrons. The number of carbonyl (C=O) groups excluding carboxylic acids is 1. The first-order valence-corrected chi connectivity index (χ1v) is 2.23. The quantitative estimate of drug-likeness (QED) is 0.239. The molecule has 0 unspecified atom stereocenters. The van der Waals surface area contributed by atoms with Gasteiger partial charge < -0.3 is 4.84 Å². The molecule has 0 aromatic heterocycles. The van der Waals surface area contributed by atoms with Crippen LogP contribution in [0, 0.1) is 0 Å². The van der Waals surface area contributed by atoms with E-state index in [2.05, 4.69) is 10.3 Å². The Bertz CT molecular complexity index is 107. The zero-order chi connectivity index (χ0) is 7.49. The van der Waals surface area contributed by atoms with Gasteiger partial charge in [-0.1, -0.05) is 0 Å². The summed E-state index contributed by atoms with van der Waals surface area (Å²) in [5.74, 6) is -2.83. The molecule has 0 aromatic carbocycles. The Labute approximate surface area is 52.3 Å². The second-order valence-corrected chi connectivity index (χ2v) is 1.53. The van der Waals surface area contributed by atoms with Gasteiger partial charge in [-0.25, -0.2) is 4.79 Å². The van der Waals surface area contributed by atoms with Crippen LogP contribution in [0.3, 0.4) is 0 Å². The molecule has 6 nitrogen and oxygen atoms in total. The first-order valence-electron chi connectivity index (χ1n) is 2.23. The van der Waals surface area contributed by atoms with Crippen LogP contribution < -0.4 is 22.7 Å². The highest BCUT2D eigenvalue weighted by Crippen LogP contribution is 1.79. The molecule has 0 aromatic rings. The number of hydrogen-bond acceptors (Lipinski definition) is 6. The minimum Gasteiger partial charge on any atom is -0.367 e. The Hall–Kier alpha value is -0.690. The van der Waals surface area contributed by atoms with Gasteiger partial charge >= 0.3 is 5.97 Å². The number of hydrogen-bond donors (Lipinski definition) is 4. The standard InChI is InChI=1S/C3H10N4O2/c1-7-9-2(8)3(4,5)6/h7H,4-6H2,1H3. The van der Waals surface area contributed by atoms with Gasteiger partial charge in [-0.3, -0.25) is 17.2 Å². The topological polar surface area (TPSA) is 116 Å². The zero-order valence-corrected chi connectivity index (χ0v) is 5.05. The van der Waals surface area contributed by atoms with Crippen LogP contribution in [-0.2, 0) is 9.63 Å². The van der Waals surface area contributed by atoms with Crippen molar-refractivity contribution in [1.29, 1.82) is 0 Å². The molecule has 0 saturated carbocycles. The maximum atomic E-state index is 10.4. The van der Waals surface area contributed by atoms with Crippen LogP contribution in [0.2, 0.25) is 0 Å². The van der Waals surface area contributed by atoms with Crippen LogP contribution in [0.1, 0.15) is 0 Å². The highest BCUT2D eigenvalue weighted by atomic mass is 16.7. The molecule has 0 fully saturated rings. The second kappa shape index (κ2) is 2.74. The van der Waals surface area contributed by atoms with Gasteiger partial charge in [0.05, 0.1) is 0 Å². The normalized spacial score (nSPS) is 11.1. The fraction of sp³-hybridized carbons (Fsp3) is 0.667. The zero-order valence-electron chi connectivity index (χ0n) is 5.05. The Morgan fingerprint density at radius 3 is 2.11 bits per heavy atom. The van der Waals surface area contributed by atoms with Crippen molar-refractivity contribution in [3.63, 3.8) is 0 Å². The first-order chi connectivity index (χ1) is 3.98. The monoisotopic (exact) mass is 134 g/mol. The maximum absolute atomic E-state index is 10.4. The van der Waals surface area contributed by atoms with Gasteiger partial charge in [-0.15, -0.1) is 0 Å². The molecule has 0 atom stereocenters. The highest BCUT2D eigenvalue weighted by molar-refractivity contribution is 5.78. The third kappa shape index (κ3) is 2.98. The molecule has 0 saturated heterocycles. The smallest absolute Gasteiger partial charge is 0.367 e. The number of rotatable bonds is 2. The average molecular weight is 134 g/mol. The molecule has 0 bridgehead atoms. The van der Waals surface area contributed by atoms with Crippen LogP contribution in [0.4, 0.5) is 0 Å². The summed E-state index contributed by atoms with van der Waals surface area (Å²) in [6, 6.07) is 0. The fourth-order valence-corrected chi connectivity index (χ4v) is 0.181.